The molecule has 0 spiro atoms. The van der Waals surface area contributed by atoms with Gasteiger partial charge in [-0.2, -0.15) is 0 Å². The Labute approximate surface area is 104 Å². The van der Waals surface area contributed by atoms with Crippen LogP contribution in [0.15, 0.2) is 18.2 Å². The molecule has 2 aromatic rings. The minimum absolute atomic E-state index is 0.473. The number of aliphatic carboxylic acids is 1. The third kappa shape index (κ3) is 2.31. The number of fused-ring (bicyclic) bond motifs is 1. The summed E-state index contributed by atoms with van der Waals surface area (Å²) in [5, 5.41) is 10.00. The molecule has 0 bridgehead atoms. The van der Waals surface area contributed by atoms with Crippen molar-refractivity contribution in [3.05, 3.63) is 28.8 Å². The number of benzene rings is 1. The summed E-state index contributed by atoms with van der Waals surface area (Å²) in [5.41, 5.74) is 1.37. The van der Waals surface area contributed by atoms with E-state index in [9.17, 15) is 4.79 Å². The van der Waals surface area contributed by atoms with E-state index < -0.39 is 11.4 Å². The first-order valence-corrected chi connectivity index (χ1v) is 6.30. The predicted octanol–water partition coefficient (Wildman–Crippen LogP) is 3.26. The van der Waals surface area contributed by atoms with E-state index in [2.05, 4.69) is 4.98 Å². The maximum atomic E-state index is 11.1. The molecule has 0 atom stereocenters. The fraction of sp³-hybridized carbons (Fsp3) is 0.385. The van der Waals surface area contributed by atoms with E-state index in [4.69, 9.17) is 5.11 Å². The molecular formula is C13H15NO2S. The van der Waals surface area contributed by atoms with Gasteiger partial charge in [-0.3, -0.25) is 4.79 Å². The summed E-state index contributed by atoms with van der Waals surface area (Å²) in [4.78, 5) is 15.6. The lowest BCUT2D eigenvalue weighted by molar-refractivity contribution is -0.146. The van der Waals surface area contributed by atoms with Gasteiger partial charge in [-0.15, -0.1) is 11.3 Å². The van der Waals surface area contributed by atoms with E-state index >= 15 is 0 Å². The van der Waals surface area contributed by atoms with Gasteiger partial charge in [0.1, 0.15) is 0 Å². The number of hydrogen-bond donors (Lipinski definition) is 1. The van der Waals surface area contributed by atoms with Crippen molar-refractivity contribution in [3.63, 3.8) is 0 Å². The molecule has 1 heterocycles. The summed E-state index contributed by atoms with van der Waals surface area (Å²) < 4.78 is 1.13. The first-order valence-electron chi connectivity index (χ1n) is 5.48. The molecule has 0 aliphatic carbocycles. The lowest BCUT2D eigenvalue weighted by atomic mass is 9.90. The van der Waals surface area contributed by atoms with Crippen molar-refractivity contribution < 1.29 is 9.90 Å². The summed E-state index contributed by atoms with van der Waals surface area (Å²) in [5.74, 6) is -0.784. The molecule has 17 heavy (non-hydrogen) atoms. The Morgan fingerprint density at radius 1 is 1.47 bits per heavy atom. The summed E-state index contributed by atoms with van der Waals surface area (Å²) in [7, 11) is 0. The maximum absolute atomic E-state index is 11.1. The van der Waals surface area contributed by atoms with Crippen LogP contribution in [-0.2, 0) is 11.2 Å². The van der Waals surface area contributed by atoms with E-state index in [0.717, 1.165) is 20.8 Å². The van der Waals surface area contributed by atoms with Crippen LogP contribution in [-0.4, -0.2) is 16.1 Å². The van der Waals surface area contributed by atoms with Crippen molar-refractivity contribution >= 4 is 27.5 Å². The minimum Gasteiger partial charge on any atom is -0.481 e. The molecule has 1 aromatic carbocycles. The second-order valence-electron chi connectivity index (χ2n) is 4.90. The normalized spacial score (nSPS) is 11.9. The number of nitrogens with zero attached hydrogens (tertiary/aromatic N) is 1. The Bertz CT molecular complexity index is 572. The van der Waals surface area contributed by atoms with Crippen molar-refractivity contribution in [2.45, 2.75) is 27.2 Å². The van der Waals surface area contributed by atoms with Crippen LogP contribution in [0.5, 0.6) is 0 Å². The van der Waals surface area contributed by atoms with Gasteiger partial charge in [-0.05, 0) is 32.4 Å². The molecule has 1 aromatic heterocycles. The zero-order valence-corrected chi connectivity index (χ0v) is 11.0. The highest BCUT2D eigenvalue weighted by molar-refractivity contribution is 7.18. The van der Waals surface area contributed by atoms with Gasteiger partial charge in [0.05, 0.1) is 20.6 Å². The molecule has 0 aliphatic rings. The highest BCUT2D eigenvalue weighted by Gasteiger charge is 2.28. The van der Waals surface area contributed by atoms with Gasteiger partial charge in [-0.25, -0.2) is 4.98 Å². The third-order valence-electron chi connectivity index (χ3n) is 2.84. The number of thiazole rings is 1. The summed E-state index contributed by atoms with van der Waals surface area (Å²) in [6.07, 6.45) is 0.473. The van der Waals surface area contributed by atoms with E-state index in [1.165, 1.54) is 0 Å². The molecule has 4 heteroatoms. The second-order valence-corrected chi connectivity index (χ2v) is 6.01. The molecule has 0 fully saturated rings. The summed E-state index contributed by atoms with van der Waals surface area (Å²) in [6.45, 7) is 5.48. The van der Waals surface area contributed by atoms with Crippen LogP contribution in [0.1, 0.15) is 24.4 Å². The van der Waals surface area contributed by atoms with Crippen LogP contribution in [0.3, 0.4) is 0 Å². The molecule has 0 radical (unpaired) electrons. The predicted molar refractivity (Wildman–Crippen MR) is 69.5 cm³/mol. The highest BCUT2D eigenvalue weighted by Crippen LogP contribution is 2.29. The monoisotopic (exact) mass is 249 g/mol. The smallest absolute Gasteiger partial charge is 0.309 e. The molecule has 0 saturated heterocycles. The van der Waals surface area contributed by atoms with Crippen LogP contribution in [0.4, 0.5) is 0 Å². The van der Waals surface area contributed by atoms with Crippen LogP contribution < -0.4 is 0 Å². The fourth-order valence-electron chi connectivity index (χ4n) is 1.66. The average molecular weight is 249 g/mol. The zero-order chi connectivity index (χ0) is 12.6. The van der Waals surface area contributed by atoms with Crippen molar-refractivity contribution in [1.29, 1.82) is 0 Å². The molecule has 0 amide bonds. The number of para-hydroxylation sites is 1. The Hall–Kier alpha value is -1.42. The Kier molecular flexibility index (Phi) is 2.91. The summed E-state index contributed by atoms with van der Waals surface area (Å²) >= 11 is 1.58. The van der Waals surface area contributed by atoms with Crippen LogP contribution in [0.25, 0.3) is 10.2 Å². The summed E-state index contributed by atoms with van der Waals surface area (Å²) in [6, 6.07) is 6.05. The van der Waals surface area contributed by atoms with Gasteiger partial charge in [-0.1, -0.05) is 12.1 Å². The average Bonchev–Trinajstić information content (AvgIpc) is 2.60. The van der Waals surface area contributed by atoms with Crippen molar-refractivity contribution in [3.8, 4) is 0 Å². The Balaban J connectivity index is 2.38. The van der Waals surface area contributed by atoms with Crippen LogP contribution >= 0.6 is 11.3 Å². The lowest BCUT2D eigenvalue weighted by Gasteiger charge is -2.16. The first kappa shape index (κ1) is 12.0. The molecule has 0 saturated carbocycles. The second kappa shape index (κ2) is 4.11. The van der Waals surface area contributed by atoms with Gasteiger partial charge in [0, 0.05) is 6.42 Å². The van der Waals surface area contributed by atoms with Gasteiger partial charge in [0.25, 0.3) is 0 Å². The molecule has 0 unspecified atom stereocenters. The van der Waals surface area contributed by atoms with Gasteiger partial charge < -0.3 is 5.11 Å². The molecular weight excluding hydrogens is 234 g/mol. The molecule has 2 rings (SSSR count). The first-order chi connectivity index (χ1) is 7.90. The Morgan fingerprint density at radius 3 is 2.76 bits per heavy atom. The van der Waals surface area contributed by atoms with Gasteiger partial charge in [0.15, 0.2) is 0 Å². The fourth-order valence-corrected chi connectivity index (χ4v) is 2.94. The van der Waals surface area contributed by atoms with E-state index in [-0.39, 0.29) is 0 Å². The molecule has 0 aliphatic heterocycles. The zero-order valence-electron chi connectivity index (χ0n) is 10.2. The standard InChI is InChI=1S/C13H15NO2S/c1-8-5-4-6-9-11(8)14-10(17-9)7-13(2,3)12(15)16/h4-6H,7H2,1-3H3,(H,15,16). The van der Waals surface area contributed by atoms with Crippen LogP contribution in [0.2, 0.25) is 0 Å². The van der Waals surface area contributed by atoms with Gasteiger partial charge in [0.2, 0.25) is 0 Å². The van der Waals surface area contributed by atoms with E-state index in [1.54, 1.807) is 25.2 Å². The third-order valence-corrected chi connectivity index (χ3v) is 3.86. The number of hydrogen-bond acceptors (Lipinski definition) is 3. The molecule has 90 valence electrons. The quantitative estimate of drug-likeness (QED) is 0.908. The number of carbonyl (C=O) groups is 1. The SMILES string of the molecule is Cc1cccc2sc(CC(C)(C)C(=O)O)nc12. The number of carboxylic acid groups (broad SMARTS) is 1. The number of rotatable bonds is 3. The molecule has 3 nitrogen and oxygen atoms in total. The number of carboxylic acids is 1. The Morgan fingerprint density at radius 2 is 2.18 bits per heavy atom. The van der Waals surface area contributed by atoms with Gasteiger partial charge >= 0.3 is 5.97 Å². The van der Waals surface area contributed by atoms with E-state index in [0.29, 0.717) is 6.42 Å². The largest absolute Gasteiger partial charge is 0.481 e. The van der Waals surface area contributed by atoms with Crippen molar-refractivity contribution in [2.24, 2.45) is 5.41 Å². The van der Waals surface area contributed by atoms with Crippen molar-refractivity contribution in [1.82, 2.24) is 4.98 Å². The highest BCUT2D eigenvalue weighted by atomic mass is 32.1. The van der Waals surface area contributed by atoms with Crippen molar-refractivity contribution in [2.75, 3.05) is 0 Å². The maximum Gasteiger partial charge on any atom is 0.309 e. The number of aromatic nitrogens is 1. The van der Waals surface area contributed by atoms with E-state index in [1.807, 2.05) is 25.1 Å². The van der Waals surface area contributed by atoms with Crippen LogP contribution in [0, 0.1) is 12.3 Å². The topological polar surface area (TPSA) is 50.2 Å². The minimum atomic E-state index is -0.784. The number of aryl methyl sites for hydroxylation is 1. The molecule has 1 N–H and O–H groups in total. The lowest BCUT2D eigenvalue weighted by Crippen LogP contribution is -2.26.